The fraction of sp³-hybridized carbons (Fsp3) is 0.308. The molecule has 0 radical (unpaired) electrons. The van der Waals surface area contributed by atoms with Crippen LogP contribution in [0.3, 0.4) is 0 Å². The van der Waals surface area contributed by atoms with E-state index < -0.39 is 5.97 Å². The first kappa shape index (κ1) is 14.4. The molecule has 0 bridgehead atoms. The van der Waals surface area contributed by atoms with Gasteiger partial charge in [0.25, 0.3) is 0 Å². The number of hydrogen-bond donors (Lipinski definition) is 2. The van der Waals surface area contributed by atoms with Crippen LogP contribution >= 0.6 is 0 Å². The molecule has 0 aliphatic carbocycles. The molecule has 0 aliphatic rings. The Hall–Kier alpha value is -1.61. The maximum atomic E-state index is 9.60. The minimum absolute atomic E-state index is 0.176. The van der Waals surface area contributed by atoms with Crippen molar-refractivity contribution < 1.29 is 15.0 Å². The smallest absolute Gasteiger partial charge is 0.330 e. The van der Waals surface area contributed by atoms with E-state index in [1.807, 2.05) is 37.3 Å². The summed E-state index contributed by atoms with van der Waals surface area (Å²) in [5.74, 6) is -0.935. The van der Waals surface area contributed by atoms with Gasteiger partial charge in [-0.1, -0.05) is 43.8 Å². The fourth-order valence-electron chi connectivity index (χ4n) is 0.911. The molecular formula is C13H18O3. The van der Waals surface area contributed by atoms with Gasteiger partial charge in [-0.05, 0) is 18.9 Å². The lowest BCUT2D eigenvalue weighted by Gasteiger charge is -2.05. The van der Waals surface area contributed by atoms with Crippen LogP contribution in [-0.4, -0.2) is 16.2 Å². The zero-order valence-electron chi connectivity index (χ0n) is 9.68. The Balaban J connectivity index is 0.000000325. The van der Waals surface area contributed by atoms with E-state index in [0.29, 0.717) is 0 Å². The molecule has 0 aliphatic heterocycles. The van der Waals surface area contributed by atoms with Crippen LogP contribution in [0.4, 0.5) is 0 Å². The average molecular weight is 222 g/mol. The summed E-state index contributed by atoms with van der Waals surface area (Å²) >= 11 is 0. The van der Waals surface area contributed by atoms with Crippen LogP contribution in [0, 0.1) is 0 Å². The zero-order chi connectivity index (χ0) is 12.6. The second kappa shape index (κ2) is 7.65. The highest BCUT2D eigenvalue weighted by molar-refractivity contribution is 5.84. The van der Waals surface area contributed by atoms with Crippen LogP contribution in [0.1, 0.15) is 31.9 Å². The topological polar surface area (TPSA) is 57.5 Å². The minimum Gasteiger partial charge on any atom is -0.478 e. The second-order valence-corrected chi connectivity index (χ2v) is 3.42. The Morgan fingerprint density at radius 1 is 1.38 bits per heavy atom. The van der Waals surface area contributed by atoms with Crippen LogP contribution in [0.2, 0.25) is 0 Å². The maximum absolute atomic E-state index is 9.60. The van der Waals surface area contributed by atoms with E-state index in [1.54, 1.807) is 0 Å². The lowest BCUT2D eigenvalue weighted by Crippen LogP contribution is -1.93. The number of aliphatic hydroxyl groups is 1. The third-order valence-electron chi connectivity index (χ3n) is 1.94. The molecule has 3 heteroatoms. The number of benzene rings is 1. The lowest BCUT2D eigenvalue weighted by atomic mass is 10.1. The number of rotatable bonds is 3. The molecule has 88 valence electrons. The molecule has 3 nitrogen and oxygen atoms in total. The van der Waals surface area contributed by atoms with E-state index in [4.69, 9.17) is 5.11 Å². The number of carbonyl (C=O) groups is 1. The molecule has 1 aromatic rings. The summed E-state index contributed by atoms with van der Waals surface area (Å²) in [6, 6.07) is 9.70. The van der Waals surface area contributed by atoms with Gasteiger partial charge in [0.2, 0.25) is 0 Å². The van der Waals surface area contributed by atoms with Crippen molar-refractivity contribution in [3.05, 3.63) is 48.0 Å². The summed E-state index contributed by atoms with van der Waals surface area (Å²) in [6.07, 6.45) is 0.491. The molecule has 1 atom stereocenters. The fourth-order valence-corrected chi connectivity index (χ4v) is 0.911. The third kappa shape index (κ3) is 5.98. The molecule has 1 aromatic carbocycles. The van der Waals surface area contributed by atoms with Crippen LogP contribution in [0.15, 0.2) is 42.5 Å². The van der Waals surface area contributed by atoms with Gasteiger partial charge in [-0.2, -0.15) is 0 Å². The highest BCUT2D eigenvalue weighted by atomic mass is 16.4. The van der Waals surface area contributed by atoms with Crippen LogP contribution < -0.4 is 0 Å². The first-order valence-electron chi connectivity index (χ1n) is 5.10. The van der Waals surface area contributed by atoms with Gasteiger partial charge < -0.3 is 10.2 Å². The van der Waals surface area contributed by atoms with Crippen LogP contribution in [-0.2, 0) is 4.79 Å². The van der Waals surface area contributed by atoms with Crippen molar-refractivity contribution in [1.82, 2.24) is 0 Å². The zero-order valence-corrected chi connectivity index (χ0v) is 9.68. The predicted molar refractivity (Wildman–Crippen MR) is 64.1 cm³/mol. The molecule has 0 spiro atoms. The van der Waals surface area contributed by atoms with Crippen molar-refractivity contribution in [1.29, 1.82) is 0 Å². The van der Waals surface area contributed by atoms with E-state index in [-0.39, 0.29) is 11.7 Å². The van der Waals surface area contributed by atoms with E-state index in [2.05, 4.69) is 6.58 Å². The molecule has 1 rings (SSSR count). The lowest BCUT2D eigenvalue weighted by molar-refractivity contribution is -0.132. The number of carboxylic acids is 1. The first-order chi connectivity index (χ1) is 7.49. The summed E-state index contributed by atoms with van der Waals surface area (Å²) in [5, 5.41) is 17.2. The van der Waals surface area contributed by atoms with E-state index >= 15 is 0 Å². The summed E-state index contributed by atoms with van der Waals surface area (Å²) < 4.78 is 0. The Morgan fingerprint density at radius 3 is 2.12 bits per heavy atom. The summed E-state index contributed by atoms with van der Waals surface area (Å²) in [5.41, 5.74) is 1.18. The molecule has 0 fully saturated rings. The molecule has 0 saturated heterocycles. The van der Waals surface area contributed by atoms with Gasteiger partial charge in [0.15, 0.2) is 0 Å². The molecule has 16 heavy (non-hydrogen) atoms. The van der Waals surface area contributed by atoms with E-state index in [0.717, 1.165) is 12.0 Å². The Kier molecular flexibility index (Phi) is 6.88. The molecular weight excluding hydrogens is 204 g/mol. The summed E-state index contributed by atoms with van der Waals surface area (Å²) in [6.45, 7) is 6.57. The third-order valence-corrected chi connectivity index (χ3v) is 1.94. The van der Waals surface area contributed by atoms with Crippen molar-refractivity contribution in [2.75, 3.05) is 0 Å². The van der Waals surface area contributed by atoms with Gasteiger partial charge in [-0.3, -0.25) is 0 Å². The molecule has 0 heterocycles. The van der Waals surface area contributed by atoms with Gasteiger partial charge in [-0.15, -0.1) is 0 Å². The van der Waals surface area contributed by atoms with E-state index in [9.17, 15) is 9.90 Å². The Morgan fingerprint density at radius 2 is 1.81 bits per heavy atom. The van der Waals surface area contributed by atoms with Crippen molar-refractivity contribution >= 4 is 5.97 Å². The van der Waals surface area contributed by atoms with Crippen LogP contribution in [0.25, 0.3) is 0 Å². The highest BCUT2D eigenvalue weighted by Gasteiger charge is 2.00. The van der Waals surface area contributed by atoms with Gasteiger partial charge in [-0.25, -0.2) is 4.79 Å². The van der Waals surface area contributed by atoms with Gasteiger partial charge in [0, 0.05) is 5.57 Å². The van der Waals surface area contributed by atoms with Crippen molar-refractivity contribution in [2.45, 2.75) is 26.4 Å². The SMILES string of the molecule is C=C(C)C(=O)O.CCC(O)c1ccccc1. The van der Waals surface area contributed by atoms with Gasteiger partial charge in [0.05, 0.1) is 6.10 Å². The number of carboxylic acid groups (broad SMARTS) is 1. The molecule has 0 amide bonds. The van der Waals surface area contributed by atoms with Crippen LogP contribution in [0.5, 0.6) is 0 Å². The quantitative estimate of drug-likeness (QED) is 0.773. The second-order valence-electron chi connectivity index (χ2n) is 3.42. The predicted octanol–water partition coefficient (Wildman–Crippen LogP) is 2.78. The van der Waals surface area contributed by atoms with E-state index in [1.165, 1.54) is 6.92 Å². The van der Waals surface area contributed by atoms with Crippen molar-refractivity contribution in [3.63, 3.8) is 0 Å². The number of aliphatic carboxylic acids is 1. The van der Waals surface area contributed by atoms with Gasteiger partial charge in [0.1, 0.15) is 0 Å². The van der Waals surface area contributed by atoms with Crippen molar-refractivity contribution in [2.24, 2.45) is 0 Å². The van der Waals surface area contributed by atoms with Crippen molar-refractivity contribution in [3.8, 4) is 0 Å². The molecule has 1 unspecified atom stereocenters. The molecule has 0 aromatic heterocycles. The minimum atomic E-state index is -0.935. The van der Waals surface area contributed by atoms with Gasteiger partial charge >= 0.3 is 5.97 Å². The molecule has 0 saturated carbocycles. The Labute approximate surface area is 96.1 Å². The normalized spacial score (nSPS) is 10.9. The first-order valence-corrected chi connectivity index (χ1v) is 5.10. The largest absolute Gasteiger partial charge is 0.478 e. The summed E-state index contributed by atoms with van der Waals surface area (Å²) in [4.78, 5) is 9.60. The average Bonchev–Trinajstić information content (AvgIpc) is 2.30. The highest BCUT2D eigenvalue weighted by Crippen LogP contribution is 2.14. The maximum Gasteiger partial charge on any atom is 0.330 e. The molecule has 2 N–H and O–H groups in total. The standard InChI is InChI=1S/C9H12O.C4H6O2/c1-2-9(10)8-6-4-3-5-7-8;1-3(2)4(5)6/h3-7,9-10H,2H2,1H3;1H2,2H3,(H,5,6). The Bertz CT molecular complexity index is 318. The number of hydrogen-bond acceptors (Lipinski definition) is 2. The number of aliphatic hydroxyl groups excluding tert-OH is 1. The monoisotopic (exact) mass is 222 g/mol. The summed E-state index contributed by atoms with van der Waals surface area (Å²) in [7, 11) is 0.